The minimum atomic E-state index is 0.0140. The highest BCUT2D eigenvalue weighted by molar-refractivity contribution is 6.01. The van der Waals surface area contributed by atoms with Gasteiger partial charge in [-0.3, -0.25) is 9.59 Å². The Morgan fingerprint density at radius 1 is 1.26 bits per heavy atom. The molecule has 0 spiro atoms. The van der Waals surface area contributed by atoms with Crippen LogP contribution >= 0.6 is 0 Å². The summed E-state index contributed by atoms with van der Waals surface area (Å²) in [5, 5.41) is 0. The number of hydrogen-bond donors (Lipinski definition) is 0. The summed E-state index contributed by atoms with van der Waals surface area (Å²) in [5.41, 5.74) is 3.73. The second kappa shape index (κ2) is 9.07. The summed E-state index contributed by atoms with van der Waals surface area (Å²) in [6, 6.07) is 9.53. The van der Waals surface area contributed by atoms with Gasteiger partial charge in [-0.1, -0.05) is 31.2 Å². The molecule has 0 bridgehead atoms. The van der Waals surface area contributed by atoms with Crippen LogP contribution in [0.5, 0.6) is 0 Å². The Bertz CT molecular complexity index is 1020. The van der Waals surface area contributed by atoms with E-state index in [9.17, 15) is 9.59 Å². The first-order chi connectivity index (χ1) is 15.0. The SMILES string of the molecule is [C-]#[N+]c1ccc([C@@H](CC)CC(=O)c2cc(C(=O)N3CCC[C@@H]3C)c3n2CCOC3)cc1. The van der Waals surface area contributed by atoms with E-state index in [-0.39, 0.29) is 23.7 Å². The van der Waals surface area contributed by atoms with E-state index in [1.165, 1.54) is 0 Å². The van der Waals surface area contributed by atoms with Gasteiger partial charge in [-0.2, -0.15) is 0 Å². The van der Waals surface area contributed by atoms with Crippen LogP contribution < -0.4 is 0 Å². The number of rotatable bonds is 6. The molecule has 6 heteroatoms. The van der Waals surface area contributed by atoms with Crippen LogP contribution in [0.2, 0.25) is 0 Å². The molecule has 1 fully saturated rings. The van der Waals surface area contributed by atoms with Crippen LogP contribution in [0, 0.1) is 6.57 Å². The highest BCUT2D eigenvalue weighted by Crippen LogP contribution is 2.30. The first kappa shape index (κ1) is 21.3. The summed E-state index contributed by atoms with van der Waals surface area (Å²) >= 11 is 0. The molecule has 1 amide bonds. The Kier molecular flexibility index (Phi) is 6.24. The maximum absolute atomic E-state index is 13.4. The third-order valence-corrected chi connectivity index (χ3v) is 6.65. The molecule has 2 atom stereocenters. The molecular formula is C25H29N3O3. The number of nitrogens with zero attached hydrogens (tertiary/aromatic N) is 3. The number of ether oxygens (including phenoxy) is 1. The lowest BCUT2D eigenvalue weighted by atomic mass is 9.90. The molecule has 31 heavy (non-hydrogen) atoms. The Labute approximate surface area is 183 Å². The molecule has 1 aromatic carbocycles. The molecule has 6 nitrogen and oxygen atoms in total. The zero-order valence-electron chi connectivity index (χ0n) is 18.3. The summed E-state index contributed by atoms with van der Waals surface area (Å²) in [6.07, 6.45) is 3.26. The van der Waals surface area contributed by atoms with Crippen molar-refractivity contribution in [2.24, 2.45) is 0 Å². The van der Waals surface area contributed by atoms with E-state index in [0.29, 0.717) is 43.1 Å². The lowest BCUT2D eigenvalue weighted by molar-refractivity contribution is 0.0698. The molecule has 0 unspecified atom stereocenters. The number of Topliss-reactive ketones (excluding diaryl/α,β-unsaturated/α-hetero) is 1. The third-order valence-electron chi connectivity index (χ3n) is 6.65. The molecule has 0 radical (unpaired) electrons. The Morgan fingerprint density at radius 3 is 2.68 bits per heavy atom. The number of carbonyl (C=O) groups excluding carboxylic acids is 2. The van der Waals surface area contributed by atoms with Crippen molar-refractivity contribution in [3.8, 4) is 0 Å². The van der Waals surface area contributed by atoms with E-state index < -0.39 is 0 Å². The molecule has 1 aromatic heterocycles. The van der Waals surface area contributed by atoms with Gasteiger partial charge in [0, 0.05) is 25.6 Å². The normalized spacial score (nSPS) is 19.0. The van der Waals surface area contributed by atoms with Gasteiger partial charge in [-0.15, -0.1) is 0 Å². The highest BCUT2D eigenvalue weighted by Gasteiger charge is 2.32. The molecule has 0 saturated carbocycles. The van der Waals surface area contributed by atoms with Gasteiger partial charge in [0.2, 0.25) is 0 Å². The number of hydrogen-bond acceptors (Lipinski definition) is 3. The molecule has 1 saturated heterocycles. The molecule has 0 N–H and O–H groups in total. The van der Waals surface area contributed by atoms with Gasteiger partial charge in [0.1, 0.15) is 0 Å². The number of ketones is 1. The van der Waals surface area contributed by atoms with E-state index >= 15 is 0 Å². The number of likely N-dealkylation sites (tertiary alicyclic amines) is 1. The fourth-order valence-electron chi connectivity index (χ4n) is 4.78. The van der Waals surface area contributed by atoms with Crippen LogP contribution in [0.25, 0.3) is 4.85 Å². The molecule has 2 aliphatic rings. The average molecular weight is 420 g/mol. The van der Waals surface area contributed by atoms with Crippen molar-refractivity contribution in [3.63, 3.8) is 0 Å². The second-order valence-corrected chi connectivity index (χ2v) is 8.52. The van der Waals surface area contributed by atoms with Crippen molar-refractivity contribution in [1.29, 1.82) is 0 Å². The van der Waals surface area contributed by atoms with E-state index in [0.717, 1.165) is 37.1 Å². The van der Waals surface area contributed by atoms with Crippen molar-refractivity contribution < 1.29 is 14.3 Å². The predicted molar refractivity (Wildman–Crippen MR) is 119 cm³/mol. The molecule has 2 aromatic rings. The Hall–Kier alpha value is -2.91. The van der Waals surface area contributed by atoms with Crippen LogP contribution in [-0.2, 0) is 17.9 Å². The van der Waals surface area contributed by atoms with Crippen LogP contribution in [0.1, 0.15) is 77.6 Å². The summed E-state index contributed by atoms with van der Waals surface area (Å²) in [7, 11) is 0. The highest BCUT2D eigenvalue weighted by atomic mass is 16.5. The number of carbonyl (C=O) groups is 2. The van der Waals surface area contributed by atoms with Crippen LogP contribution in [0.4, 0.5) is 5.69 Å². The smallest absolute Gasteiger partial charge is 0.256 e. The molecule has 162 valence electrons. The van der Waals surface area contributed by atoms with Gasteiger partial charge in [0.25, 0.3) is 5.91 Å². The summed E-state index contributed by atoms with van der Waals surface area (Å²) in [5.74, 6) is 0.147. The standard InChI is InChI=1S/C25H29N3O3/c1-4-18(19-7-9-20(26-3)10-8-19)14-24(29)22-15-21(23-16-31-13-12-28(22)23)25(30)27-11-5-6-17(27)2/h7-10,15,17-18H,4-6,11-14,16H2,1-2H3/t17-,18-/m0/s1. The van der Waals surface area contributed by atoms with Gasteiger partial charge in [-0.25, -0.2) is 4.85 Å². The van der Waals surface area contributed by atoms with Crippen molar-refractivity contribution in [1.82, 2.24) is 9.47 Å². The molecule has 0 aliphatic carbocycles. The minimum absolute atomic E-state index is 0.0140. The fraction of sp³-hybridized carbons (Fsp3) is 0.480. The lowest BCUT2D eigenvalue weighted by Gasteiger charge is -2.23. The Balaban J connectivity index is 1.60. The van der Waals surface area contributed by atoms with Crippen LogP contribution in [-0.4, -0.2) is 40.4 Å². The van der Waals surface area contributed by atoms with E-state index in [1.54, 1.807) is 18.2 Å². The van der Waals surface area contributed by atoms with Crippen molar-refractivity contribution in [2.75, 3.05) is 13.2 Å². The summed E-state index contributed by atoms with van der Waals surface area (Å²) in [4.78, 5) is 32.0. The quantitative estimate of drug-likeness (QED) is 0.491. The molecular weight excluding hydrogens is 390 g/mol. The minimum Gasteiger partial charge on any atom is -0.373 e. The largest absolute Gasteiger partial charge is 0.373 e. The third kappa shape index (κ3) is 4.15. The molecule has 3 heterocycles. The topological polar surface area (TPSA) is 55.9 Å². The zero-order valence-corrected chi connectivity index (χ0v) is 18.3. The van der Waals surface area contributed by atoms with Crippen molar-refractivity contribution in [3.05, 3.63) is 64.3 Å². The number of fused-ring (bicyclic) bond motifs is 1. The van der Waals surface area contributed by atoms with Crippen molar-refractivity contribution in [2.45, 2.75) is 64.6 Å². The number of amides is 1. The maximum Gasteiger partial charge on any atom is 0.256 e. The maximum atomic E-state index is 13.4. The second-order valence-electron chi connectivity index (χ2n) is 8.52. The first-order valence-corrected chi connectivity index (χ1v) is 11.1. The first-order valence-electron chi connectivity index (χ1n) is 11.1. The number of benzene rings is 1. The summed E-state index contributed by atoms with van der Waals surface area (Å²) in [6.45, 7) is 13.6. The van der Waals surface area contributed by atoms with Gasteiger partial charge in [-0.05, 0) is 43.7 Å². The van der Waals surface area contributed by atoms with E-state index in [4.69, 9.17) is 11.3 Å². The Morgan fingerprint density at radius 2 is 2.03 bits per heavy atom. The zero-order chi connectivity index (χ0) is 22.0. The van der Waals surface area contributed by atoms with Gasteiger partial charge in [0.05, 0.1) is 36.7 Å². The van der Waals surface area contributed by atoms with E-state index in [1.807, 2.05) is 21.6 Å². The predicted octanol–water partition coefficient (Wildman–Crippen LogP) is 4.96. The van der Waals surface area contributed by atoms with Crippen LogP contribution in [0.3, 0.4) is 0 Å². The van der Waals surface area contributed by atoms with Crippen LogP contribution in [0.15, 0.2) is 30.3 Å². The van der Waals surface area contributed by atoms with Gasteiger partial charge >= 0.3 is 0 Å². The summed E-state index contributed by atoms with van der Waals surface area (Å²) < 4.78 is 7.63. The van der Waals surface area contributed by atoms with Gasteiger partial charge < -0.3 is 14.2 Å². The molecule has 4 rings (SSSR count). The number of aromatic nitrogens is 1. The average Bonchev–Trinajstić information content (AvgIpc) is 3.41. The van der Waals surface area contributed by atoms with E-state index in [2.05, 4.69) is 18.7 Å². The fourth-order valence-corrected chi connectivity index (χ4v) is 4.78. The monoisotopic (exact) mass is 419 g/mol. The van der Waals surface area contributed by atoms with Crippen molar-refractivity contribution >= 4 is 17.4 Å². The molecule has 2 aliphatic heterocycles. The van der Waals surface area contributed by atoms with Gasteiger partial charge in [0.15, 0.2) is 11.5 Å². The lowest BCUT2D eigenvalue weighted by Crippen LogP contribution is -2.34.